The van der Waals surface area contributed by atoms with E-state index in [-0.39, 0.29) is 30.6 Å². The molecule has 1 aliphatic rings. The van der Waals surface area contributed by atoms with Gasteiger partial charge in [0.05, 0.1) is 6.10 Å². The molecule has 208 valence electrons. The fraction of sp³-hybridized carbons (Fsp3) is 0.548. The van der Waals surface area contributed by atoms with Crippen molar-refractivity contribution in [3.05, 3.63) is 71.8 Å². The van der Waals surface area contributed by atoms with Gasteiger partial charge in [-0.15, -0.1) is 0 Å². The molecule has 1 heterocycles. The molecule has 1 saturated heterocycles. The smallest absolute Gasteiger partial charge is 0.407 e. The van der Waals surface area contributed by atoms with Crippen LogP contribution in [0.25, 0.3) is 0 Å². The van der Waals surface area contributed by atoms with Gasteiger partial charge in [-0.1, -0.05) is 74.0 Å². The van der Waals surface area contributed by atoms with Crippen LogP contribution < -0.4 is 5.32 Å². The first-order valence-electron chi connectivity index (χ1n) is 13.7. The normalized spacial score (nSPS) is 20.4. The maximum absolute atomic E-state index is 13.5. The summed E-state index contributed by atoms with van der Waals surface area (Å²) in [6, 6.07) is 18.7. The monoisotopic (exact) mass is 524 g/mol. The summed E-state index contributed by atoms with van der Waals surface area (Å²) < 4.78 is 11.3. The second-order valence-corrected chi connectivity index (χ2v) is 11.3. The number of carbonyl (C=O) groups is 2. The van der Waals surface area contributed by atoms with Crippen LogP contribution in [-0.4, -0.2) is 58.4 Å². The van der Waals surface area contributed by atoms with Crippen LogP contribution in [0.3, 0.4) is 0 Å². The Morgan fingerprint density at radius 2 is 1.66 bits per heavy atom. The molecule has 5 atom stereocenters. The Labute approximate surface area is 227 Å². The number of likely N-dealkylation sites (tertiary alicyclic amines) is 1. The number of nitrogens with zero attached hydrogens (tertiary/aromatic N) is 1. The van der Waals surface area contributed by atoms with E-state index < -0.39 is 23.8 Å². The first-order valence-corrected chi connectivity index (χ1v) is 13.7. The van der Waals surface area contributed by atoms with Crippen molar-refractivity contribution in [1.29, 1.82) is 0 Å². The van der Waals surface area contributed by atoms with Crippen LogP contribution in [0.15, 0.2) is 60.7 Å². The lowest BCUT2D eigenvalue weighted by molar-refractivity contribution is -0.162. The average molecular weight is 525 g/mol. The van der Waals surface area contributed by atoms with Gasteiger partial charge in [-0.05, 0) is 58.1 Å². The number of aliphatic hydroxyl groups is 1. The molecule has 3 unspecified atom stereocenters. The van der Waals surface area contributed by atoms with Gasteiger partial charge in [0.25, 0.3) is 0 Å². The van der Waals surface area contributed by atoms with Gasteiger partial charge in [-0.2, -0.15) is 0 Å². The summed E-state index contributed by atoms with van der Waals surface area (Å²) in [5.41, 5.74) is 1.41. The highest BCUT2D eigenvalue weighted by Crippen LogP contribution is 2.32. The molecule has 2 N–H and O–H groups in total. The minimum absolute atomic E-state index is 0.0473. The van der Waals surface area contributed by atoms with Crippen molar-refractivity contribution in [3.63, 3.8) is 0 Å². The van der Waals surface area contributed by atoms with Gasteiger partial charge in [-0.3, -0.25) is 9.69 Å². The van der Waals surface area contributed by atoms with Gasteiger partial charge in [0.15, 0.2) is 0 Å². The molecule has 0 saturated carbocycles. The van der Waals surface area contributed by atoms with E-state index in [1.807, 2.05) is 76.2 Å². The molecule has 7 nitrogen and oxygen atoms in total. The third-order valence-electron chi connectivity index (χ3n) is 7.00. The van der Waals surface area contributed by atoms with Crippen LogP contribution in [-0.2, 0) is 27.3 Å². The van der Waals surface area contributed by atoms with E-state index in [2.05, 4.69) is 29.3 Å². The number of nitrogens with one attached hydrogen (secondary N) is 1. The van der Waals surface area contributed by atoms with E-state index in [9.17, 15) is 14.7 Å². The van der Waals surface area contributed by atoms with Crippen molar-refractivity contribution in [1.82, 2.24) is 10.2 Å². The lowest BCUT2D eigenvalue weighted by Gasteiger charge is -2.39. The predicted molar refractivity (Wildman–Crippen MR) is 149 cm³/mol. The Morgan fingerprint density at radius 1 is 1.05 bits per heavy atom. The first-order chi connectivity index (χ1) is 18.1. The summed E-state index contributed by atoms with van der Waals surface area (Å²) in [7, 11) is 0. The lowest BCUT2D eigenvalue weighted by Crippen LogP contribution is -2.51. The van der Waals surface area contributed by atoms with E-state index in [1.54, 1.807) is 0 Å². The number of amides is 1. The van der Waals surface area contributed by atoms with Crippen LogP contribution in [0.5, 0.6) is 0 Å². The molecule has 38 heavy (non-hydrogen) atoms. The number of benzene rings is 2. The molecular formula is C31H44N2O5. The predicted octanol–water partition coefficient (Wildman–Crippen LogP) is 5.11. The van der Waals surface area contributed by atoms with Gasteiger partial charge in [-0.25, -0.2) is 4.79 Å². The molecule has 7 heteroatoms. The highest BCUT2D eigenvalue weighted by molar-refractivity contribution is 5.77. The highest BCUT2D eigenvalue weighted by atomic mass is 16.6. The Bertz CT molecular complexity index is 1010. The van der Waals surface area contributed by atoms with Crippen LogP contribution in [0.2, 0.25) is 0 Å². The molecule has 0 aromatic heterocycles. The first kappa shape index (κ1) is 29.7. The maximum atomic E-state index is 13.5. The topological polar surface area (TPSA) is 88.1 Å². The summed E-state index contributed by atoms with van der Waals surface area (Å²) >= 11 is 0. The molecule has 2 aromatic rings. The summed E-state index contributed by atoms with van der Waals surface area (Å²) in [6.45, 7) is 10.2. The number of esters is 1. The van der Waals surface area contributed by atoms with E-state index >= 15 is 0 Å². The van der Waals surface area contributed by atoms with Crippen molar-refractivity contribution in [2.24, 2.45) is 5.92 Å². The number of aliphatic hydroxyl groups excluding tert-OH is 1. The van der Waals surface area contributed by atoms with Crippen molar-refractivity contribution in [3.8, 4) is 0 Å². The maximum Gasteiger partial charge on any atom is 0.407 e. The standard InChI is InChI=1S/C31H44N2O5/c1-6-13-26(22(2)34)27(18-23-14-9-7-10-15-23)33-20-25(19-28(33)29(35)38-31(3,4)5)32-30(36)37-21-24-16-11-8-12-17-24/h7-12,14-17,22,25-28,34H,6,13,18-21H2,1-5H3,(H,32,36)/t22?,25?,26-,27+,28?/m0/s1. The minimum Gasteiger partial charge on any atom is -0.459 e. The summed E-state index contributed by atoms with van der Waals surface area (Å²) in [6.07, 6.45) is 1.78. The SMILES string of the molecule is CCC[C@@H](C(C)O)[C@@H](Cc1ccccc1)N1CC(NC(=O)OCc2ccccc2)CC1C(=O)OC(C)(C)C. The van der Waals surface area contributed by atoms with Crippen molar-refractivity contribution in [2.45, 2.75) is 96.7 Å². The van der Waals surface area contributed by atoms with E-state index in [4.69, 9.17) is 9.47 Å². The quantitative estimate of drug-likeness (QED) is 0.398. The Kier molecular flexibility index (Phi) is 10.7. The van der Waals surface area contributed by atoms with E-state index in [1.165, 1.54) is 0 Å². The summed E-state index contributed by atoms with van der Waals surface area (Å²) in [5.74, 6) is -0.354. The Hall–Kier alpha value is -2.90. The van der Waals surface area contributed by atoms with E-state index in [0.29, 0.717) is 19.4 Å². The molecule has 0 spiro atoms. The molecule has 3 rings (SSSR count). The van der Waals surface area contributed by atoms with Crippen LogP contribution in [0, 0.1) is 5.92 Å². The zero-order valence-corrected chi connectivity index (χ0v) is 23.4. The molecule has 0 aliphatic carbocycles. The Balaban J connectivity index is 1.83. The van der Waals surface area contributed by atoms with Crippen molar-refractivity contribution >= 4 is 12.1 Å². The zero-order chi connectivity index (χ0) is 27.7. The van der Waals surface area contributed by atoms with Gasteiger partial charge in [0.1, 0.15) is 18.2 Å². The average Bonchev–Trinajstić information content (AvgIpc) is 3.28. The molecule has 1 fully saturated rings. The Morgan fingerprint density at radius 3 is 2.21 bits per heavy atom. The van der Waals surface area contributed by atoms with Crippen molar-refractivity contribution in [2.75, 3.05) is 6.54 Å². The van der Waals surface area contributed by atoms with Crippen LogP contribution in [0.1, 0.15) is 65.0 Å². The zero-order valence-electron chi connectivity index (χ0n) is 23.4. The number of hydrogen-bond donors (Lipinski definition) is 2. The van der Waals surface area contributed by atoms with Crippen molar-refractivity contribution < 1.29 is 24.2 Å². The fourth-order valence-corrected chi connectivity index (χ4v) is 5.32. The molecule has 2 aromatic carbocycles. The van der Waals surface area contributed by atoms with E-state index in [0.717, 1.165) is 24.0 Å². The molecule has 1 amide bonds. The number of alkyl carbamates (subject to hydrolysis) is 1. The largest absolute Gasteiger partial charge is 0.459 e. The molecule has 0 radical (unpaired) electrons. The number of ether oxygens (including phenoxy) is 2. The van der Waals surface area contributed by atoms with Crippen LogP contribution in [0.4, 0.5) is 4.79 Å². The highest BCUT2D eigenvalue weighted by Gasteiger charge is 2.45. The third kappa shape index (κ3) is 8.84. The minimum atomic E-state index is -0.634. The van der Waals surface area contributed by atoms with Gasteiger partial charge in [0.2, 0.25) is 0 Å². The van der Waals surface area contributed by atoms with Gasteiger partial charge >= 0.3 is 12.1 Å². The second kappa shape index (κ2) is 13.8. The lowest BCUT2D eigenvalue weighted by atomic mass is 9.84. The third-order valence-corrected chi connectivity index (χ3v) is 7.00. The molecular weight excluding hydrogens is 480 g/mol. The summed E-state index contributed by atoms with van der Waals surface area (Å²) in [5, 5.41) is 13.8. The fourth-order valence-electron chi connectivity index (χ4n) is 5.32. The van der Waals surface area contributed by atoms with Gasteiger partial charge in [0, 0.05) is 24.5 Å². The number of carbonyl (C=O) groups excluding carboxylic acids is 2. The molecule has 0 bridgehead atoms. The number of rotatable bonds is 11. The molecule has 1 aliphatic heterocycles. The summed E-state index contributed by atoms with van der Waals surface area (Å²) in [4.78, 5) is 28.3. The number of hydrogen-bond acceptors (Lipinski definition) is 6. The van der Waals surface area contributed by atoms with Crippen LogP contribution >= 0.6 is 0 Å². The second-order valence-electron chi connectivity index (χ2n) is 11.3. The van der Waals surface area contributed by atoms with Gasteiger partial charge < -0.3 is 19.9 Å².